The highest BCUT2D eigenvalue weighted by Gasteiger charge is 2.11. The molecule has 0 aliphatic heterocycles. The number of rotatable bonds is 10. The number of halogens is 2. The molecule has 0 heterocycles. The zero-order valence-corrected chi connectivity index (χ0v) is 15.3. The number of carbonyl (C=O) groups is 1. The lowest BCUT2D eigenvalue weighted by atomic mass is 10.1. The van der Waals surface area contributed by atoms with E-state index in [1.54, 1.807) is 42.5 Å². The highest BCUT2D eigenvalue weighted by Crippen LogP contribution is 2.17. The number of aliphatic hydroxyl groups excluding tert-OH is 1. The second kappa shape index (κ2) is 9.99. The fourth-order valence-electron chi connectivity index (χ4n) is 2.59. The molecule has 0 aliphatic carbocycles. The summed E-state index contributed by atoms with van der Waals surface area (Å²) in [5, 5.41) is 10.1. The second-order valence-corrected chi connectivity index (χ2v) is 6.27. The molecule has 146 valence electrons. The average Bonchev–Trinajstić information content (AvgIpc) is 2.60. The van der Waals surface area contributed by atoms with Gasteiger partial charge in [0.05, 0.1) is 0 Å². The number of ether oxygens (including phenoxy) is 2. The number of alkyl halides is 2. The topological polar surface area (TPSA) is 59.0 Å². The minimum absolute atomic E-state index is 0.0220. The van der Waals surface area contributed by atoms with Crippen molar-refractivity contribution in [3.8, 4) is 11.5 Å². The van der Waals surface area contributed by atoms with Crippen LogP contribution in [0.1, 0.15) is 22.8 Å². The van der Waals surface area contributed by atoms with Gasteiger partial charge < -0.3 is 14.6 Å². The maximum Gasteiger partial charge on any atom is 0.387 e. The third-order valence-electron chi connectivity index (χ3n) is 3.80. The highest BCUT2D eigenvalue weighted by atomic mass is 19.3. The summed E-state index contributed by atoms with van der Waals surface area (Å²) in [7, 11) is 1.81. The molecule has 0 aromatic heterocycles. The van der Waals surface area contributed by atoms with Crippen LogP contribution in [0.3, 0.4) is 0 Å². The number of aliphatic hydroxyl groups is 1. The first-order valence-electron chi connectivity index (χ1n) is 8.47. The Balaban J connectivity index is 1.79. The van der Waals surface area contributed by atoms with E-state index in [1.165, 1.54) is 13.0 Å². The summed E-state index contributed by atoms with van der Waals surface area (Å²) in [6.07, 6.45) is -0.733. The Morgan fingerprint density at radius 2 is 1.85 bits per heavy atom. The van der Waals surface area contributed by atoms with E-state index >= 15 is 0 Å². The normalized spacial score (nSPS) is 12.3. The van der Waals surface area contributed by atoms with Crippen molar-refractivity contribution in [1.29, 1.82) is 0 Å². The molecule has 27 heavy (non-hydrogen) atoms. The van der Waals surface area contributed by atoms with Crippen LogP contribution in [0, 0.1) is 0 Å². The van der Waals surface area contributed by atoms with Crippen LogP contribution in [0.25, 0.3) is 0 Å². The number of nitrogens with zero attached hydrogens (tertiary/aromatic N) is 1. The molecule has 1 unspecified atom stereocenters. The molecule has 0 amide bonds. The van der Waals surface area contributed by atoms with Gasteiger partial charge in [-0.3, -0.25) is 9.69 Å². The van der Waals surface area contributed by atoms with Crippen LogP contribution in [-0.2, 0) is 6.54 Å². The summed E-state index contributed by atoms with van der Waals surface area (Å²) in [6, 6.07) is 13.2. The summed E-state index contributed by atoms with van der Waals surface area (Å²) in [5.41, 5.74) is 1.39. The number of ketones is 1. The van der Waals surface area contributed by atoms with E-state index in [-0.39, 0.29) is 18.1 Å². The Morgan fingerprint density at radius 3 is 2.48 bits per heavy atom. The van der Waals surface area contributed by atoms with Gasteiger partial charge in [-0.15, -0.1) is 0 Å². The van der Waals surface area contributed by atoms with Crippen molar-refractivity contribution in [3.05, 3.63) is 59.7 Å². The Kier molecular flexibility index (Phi) is 7.69. The Labute approximate surface area is 157 Å². The van der Waals surface area contributed by atoms with E-state index in [0.717, 1.165) is 5.56 Å². The highest BCUT2D eigenvalue weighted by molar-refractivity contribution is 5.94. The predicted molar refractivity (Wildman–Crippen MR) is 97.4 cm³/mol. The molecular weight excluding hydrogens is 356 g/mol. The largest absolute Gasteiger partial charge is 0.491 e. The monoisotopic (exact) mass is 379 g/mol. The molecule has 2 aromatic carbocycles. The Morgan fingerprint density at radius 1 is 1.15 bits per heavy atom. The fourth-order valence-corrected chi connectivity index (χ4v) is 2.59. The zero-order valence-electron chi connectivity index (χ0n) is 15.3. The first-order chi connectivity index (χ1) is 12.8. The molecule has 0 spiro atoms. The summed E-state index contributed by atoms with van der Waals surface area (Å²) in [4.78, 5) is 13.1. The van der Waals surface area contributed by atoms with E-state index in [9.17, 15) is 18.7 Å². The van der Waals surface area contributed by atoms with Crippen molar-refractivity contribution in [2.24, 2.45) is 0 Å². The summed E-state index contributed by atoms with van der Waals surface area (Å²) in [6.45, 7) is -0.472. The number of likely N-dealkylation sites (N-methyl/N-ethyl adjacent to an activating group) is 1. The van der Waals surface area contributed by atoms with Crippen molar-refractivity contribution in [3.63, 3.8) is 0 Å². The molecule has 0 fully saturated rings. The van der Waals surface area contributed by atoms with Crippen LogP contribution in [0.15, 0.2) is 48.5 Å². The molecule has 0 saturated carbocycles. The van der Waals surface area contributed by atoms with Gasteiger partial charge >= 0.3 is 6.61 Å². The van der Waals surface area contributed by atoms with E-state index in [0.29, 0.717) is 24.4 Å². The van der Waals surface area contributed by atoms with Gasteiger partial charge in [-0.25, -0.2) is 0 Å². The summed E-state index contributed by atoms with van der Waals surface area (Å²) in [5.74, 6) is 0.651. The molecule has 1 N–H and O–H groups in total. The minimum atomic E-state index is -2.86. The molecular formula is C20H23F2NO4. The van der Waals surface area contributed by atoms with Gasteiger partial charge in [-0.2, -0.15) is 8.78 Å². The number of carbonyl (C=O) groups excluding carboxylic acids is 1. The molecule has 2 rings (SSSR count). The van der Waals surface area contributed by atoms with Gasteiger partial charge in [0.1, 0.15) is 24.2 Å². The van der Waals surface area contributed by atoms with Gasteiger partial charge in [-0.05, 0) is 55.9 Å². The maximum absolute atomic E-state index is 12.3. The van der Waals surface area contributed by atoms with E-state index in [4.69, 9.17) is 4.74 Å². The van der Waals surface area contributed by atoms with Crippen molar-refractivity contribution >= 4 is 5.78 Å². The van der Waals surface area contributed by atoms with Crippen molar-refractivity contribution in [2.75, 3.05) is 20.2 Å². The Bertz CT molecular complexity index is 737. The van der Waals surface area contributed by atoms with Crippen LogP contribution < -0.4 is 9.47 Å². The molecule has 1 atom stereocenters. The van der Waals surface area contributed by atoms with Crippen LogP contribution in [-0.4, -0.2) is 48.7 Å². The van der Waals surface area contributed by atoms with E-state index < -0.39 is 12.7 Å². The standard InChI is InChI=1S/C20H23F2NO4/c1-14(24)16-6-8-18(9-7-16)26-13-17(25)12-23(2)11-15-4-3-5-19(10-15)27-20(21)22/h3-10,17,20,25H,11-13H2,1-2H3. The van der Waals surface area contributed by atoms with Gasteiger partial charge in [0.25, 0.3) is 0 Å². The lowest BCUT2D eigenvalue weighted by Gasteiger charge is -2.21. The molecule has 0 saturated heterocycles. The first-order valence-corrected chi connectivity index (χ1v) is 8.47. The number of benzene rings is 2. The number of hydrogen-bond donors (Lipinski definition) is 1. The van der Waals surface area contributed by atoms with Crippen molar-refractivity contribution in [1.82, 2.24) is 4.90 Å². The van der Waals surface area contributed by atoms with Gasteiger partial charge in [0.2, 0.25) is 0 Å². The van der Waals surface area contributed by atoms with Gasteiger partial charge in [0.15, 0.2) is 5.78 Å². The van der Waals surface area contributed by atoms with Crippen LogP contribution in [0.2, 0.25) is 0 Å². The SMILES string of the molecule is CC(=O)c1ccc(OCC(O)CN(C)Cc2cccc(OC(F)F)c2)cc1. The molecule has 0 aliphatic rings. The third-order valence-corrected chi connectivity index (χ3v) is 3.80. The van der Waals surface area contributed by atoms with Gasteiger partial charge in [-0.1, -0.05) is 12.1 Å². The summed E-state index contributed by atoms with van der Waals surface area (Å²) >= 11 is 0. The van der Waals surface area contributed by atoms with Crippen LogP contribution in [0.4, 0.5) is 8.78 Å². The average molecular weight is 379 g/mol. The van der Waals surface area contributed by atoms with Crippen molar-refractivity contribution in [2.45, 2.75) is 26.2 Å². The second-order valence-electron chi connectivity index (χ2n) is 6.27. The van der Waals surface area contributed by atoms with Crippen LogP contribution >= 0.6 is 0 Å². The Hall–Kier alpha value is -2.51. The number of Topliss-reactive ketones (excluding diaryl/α,β-unsaturated/α-hetero) is 1. The summed E-state index contributed by atoms with van der Waals surface area (Å²) < 4.78 is 34.5. The molecule has 2 aromatic rings. The lowest BCUT2D eigenvalue weighted by molar-refractivity contribution is -0.0499. The molecule has 0 radical (unpaired) electrons. The van der Waals surface area contributed by atoms with Crippen LogP contribution in [0.5, 0.6) is 11.5 Å². The van der Waals surface area contributed by atoms with E-state index in [2.05, 4.69) is 4.74 Å². The molecule has 0 bridgehead atoms. The number of hydrogen-bond acceptors (Lipinski definition) is 5. The predicted octanol–water partition coefficient (Wildman–Crippen LogP) is 3.36. The fraction of sp³-hybridized carbons (Fsp3) is 0.350. The quantitative estimate of drug-likeness (QED) is 0.642. The maximum atomic E-state index is 12.3. The zero-order chi connectivity index (χ0) is 19.8. The third kappa shape index (κ3) is 7.32. The minimum Gasteiger partial charge on any atom is -0.491 e. The first kappa shape index (κ1) is 20.8. The van der Waals surface area contributed by atoms with Crippen molar-refractivity contribution < 1.29 is 28.2 Å². The molecule has 7 heteroatoms. The van der Waals surface area contributed by atoms with Gasteiger partial charge in [0, 0.05) is 18.7 Å². The molecule has 5 nitrogen and oxygen atoms in total. The van der Waals surface area contributed by atoms with E-state index in [1.807, 2.05) is 11.9 Å². The lowest BCUT2D eigenvalue weighted by Crippen LogP contribution is -2.32. The smallest absolute Gasteiger partial charge is 0.387 e.